The molecular weight excluding hydrogens is 176 g/mol. The molecule has 72 valence electrons. The normalized spacial score (nSPS) is 16.3. The van der Waals surface area contributed by atoms with Crippen molar-refractivity contribution in [2.45, 2.75) is 0 Å². The number of rotatable bonds is 2. The van der Waals surface area contributed by atoms with Crippen molar-refractivity contribution >= 4 is 11.6 Å². The average Bonchev–Trinajstić information content (AvgIpc) is 2.72. The molecule has 0 radical (unpaired) electrons. The van der Waals surface area contributed by atoms with Crippen molar-refractivity contribution in [2.75, 3.05) is 13.2 Å². The number of hydrogen-bond donors (Lipinski definition) is 1. The summed E-state index contributed by atoms with van der Waals surface area (Å²) in [6.07, 6.45) is 1.77. The second kappa shape index (κ2) is 3.96. The zero-order chi connectivity index (χ0) is 9.80. The fourth-order valence-electron chi connectivity index (χ4n) is 1.29. The Hall–Kier alpha value is -1.77. The predicted molar refractivity (Wildman–Crippen MR) is 56.9 cm³/mol. The number of aliphatic imine (C=N–C) groups is 1. The van der Waals surface area contributed by atoms with E-state index >= 15 is 0 Å². The number of nitrogens with zero attached hydrogens (tertiary/aromatic N) is 1. The molecule has 1 aromatic carbocycles. The lowest BCUT2D eigenvalue weighted by molar-refractivity contribution is 0.350. The minimum atomic E-state index is 0.631. The van der Waals surface area contributed by atoms with Crippen LogP contribution in [0.3, 0.4) is 0 Å². The Morgan fingerprint density at radius 2 is 2.14 bits per heavy atom. The molecule has 1 aliphatic heterocycles. The lowest BCUT2D eigenvalue weighted by atomic mass is 10.1. The SMILES string of the molecule is N/C(=C/C1=NCCO1)c1ccccc1. The summed E-state index contributed by atoms with van der Waals surface area (Å²) in [7, 11) is 0. The van der Waals surface area contributed by atoms with Gasteiger partial charge in [-0.15, -0.1) is 0 Å². The van der Waals surface area contributed by atoms with Crippen LogP contribution < -0.4 is 5.73 Å². The van der Waals surface area contributed by atoms with Gasteiger partial charge < -0.3 is 10.5 Å². The summed E-state index contributed by atoms with van der Waals surface area (Å²) in [5.74, 6) is 0.631. The van der Waals surface area contributed by atoms with E-state index < -0.39 is 0 Å². The summed E-state index contributed by atoms with van der Waals surface area (Å²) >= 11 is 0. The highest BCUT2D eigenvalue weighted by Crippen LogP contribution is 2.09. The van der Waals surface area contributed by atoms with E-state index in [9.17, 15) is 0 Å². The van der Waals surface area contributed by atoms with E-state index in [4.69, 9.17) is 10.5 Å². The van der Waals surface area contributed by atoms with Gasteiger partial charge in [0.15, 0.2) is 0 Å². The largest absolute Gasteiger partial charge is 0.476 e. The monoisotopic (exact) mass is 188 g/mol. The first kappa shape index (κ1) is 8.81. The van der Waals surface area contributed by atoms with Gasteiger partial charge in [0.1, 0.15) is 6.61 Å². The fraction of sp³-hybridized carbons (Fsp3) is 0.182. The van der Waals surface area contributed by atoms with Crippen LogP contribution in [0.25, 0.3) is 5.70 Å². The van der Waals surface area contributed by atoms with Crippen LogP contribution in [-0.4, -0.2) is 19.0 Å². The molecule has 0 aromatic heterocycles. The molecule has 14 heavy (non-hydrogen) atoms. The minimum absolute atomic E-state index is 0.631. The fourth-order valence-corrected chi connectivity index (χ4v) is 1.29. The van der Waals surface area contributed by atoms with Crippen LogP contribution >= 0.6 is 0 Å². The van der Waals surface area contributed by atoms with E-state index in [1.54, 1.807) is 6.08 Å². The third kappa shape index (κ3) is 1.93. The Kier molecular flexibility index (Phi) is 2.49. The molecule has 2 rings (SSSR count). The molecule has 0 saturated carbocycles. The summed E-state index contributed by atoms with van der Waals surface area (Å²) in [4.78, 5) is 4.14. The lowest BCUT2D eigenvalue weighted by Gasteiger charge is -2.01. The third-order valence-corrected chi connectivity index (χ3v) is 1.99. The van der Waals surface area contributed by atoms with E-state index in [0.29, 0.717) is 18.2 Å². The van der Waals surface area contributed by atoms with E-state index in [2.05, 4.69) is 4.99 Å². The molecule has 0 saturated heterocycles. The summed E-state index contributed by atoms with van der Waals surface area (Å²) in [6.45, 7) is 1.39. The van der Waals surface area contributed by atoms with Crippen LogP contribution in [0.2, 0.25) is 0 Å². The molecule has 3 nitrogen and oxygen atoms in total. The number of benzene rings is 1. The number of ether oxygens (including phenoxy) is 1. The van der Waals surface area contributed by atoms with Crippen molar-refractivity contribution in [1.82, 2.24) is 0 Å². The van der Waals surface area contributed by atoms with Crippen molar-refractivity contribution < 1.29 is 4.74 Å². The van der Waals surface area contributed by atoms with E-state index in [1.165, 1.54) is 0 Å². The van der Waals surface area contributed by atoms with Gasteiger partial charge in [-0.25, -0.2) is 4.99 Å². The van der Waals surface area contributed by atoms with Gasteiger partial charge >= 0.3 is 0 Å². The molecule has 0 unspecified atom stereocenters. The summed E-state index contributed by atoms with van der Waals surface area (Å²) in [5, 5.41) is 0. The molecule has 0 spiro atoms. The lowest BCUT2D eigenvalue weighted by Crippen LogP contribution is -2.02. The number of hydrogen-bond acceptors (Lipinski definition) is 3. The van der Waals surface area contributed by atoms with Gasteiger partial charge in [0.25, 0.3) is 0 Å². The van der Waals surface area contributed by atoms with Crippen LogP contribution in [0, 0.1) is 0 Å². The molecule has 0 aliphatic carbocycles. The summed E-state index contributed by atoms with van der Waals surface area (Å²) in [6, 6.07) is 9.78. The smallest absolute Gasteiger partial charge is 0.210 e. The second-order valence-electron chi connectivity index (χ2n) is 3.03. The highest BCUT2D eigenvalue weighted by Gasteiger charge is 2.05. The Morgan fingerprint density at radius 1 is 1.36 bits per heavy atom. The molecule has 0 bridgehead atoms. The molecular formula is C11H12N2O. The van der Waals surface area contributed by atoms with Gasteiger partial charge in [0.05, 0.1) is 6.54 Å². The Bertz CT molecular complexity index is 368. The van der Waals surface area contributed by atoms with Crippen molar-refractivity contribution in [3.05, 3.63) is 42.0 Å². The van der Waals surface area contributed by atoms with Crippen LogP contribution in [0.5, 0.6) is 0 Å². The Labute approximate surface area is 82.9 Å². The average molecular weight is 188 g/mol. The van der Waals surface area contributed by atoms with Crippen LogP contribution in [0.4, 0.5) is 0 Å². The highest BCUT2D eigenvalue weighted by molar-refractivity contribution is 5.95. The zero-order valence-corrected chi connectivity index (χ0v) is 7.81. The molecule has 1 aliphatic rings. The molecule has 3 heteroatoms. The first-order valence-corrected chi connectivity index (χ1v) is 4.56. The van der Waals surface area contributed by atoms with Gasteiger partial charge in [-0.05, 0) is 5.56 Å². The molecule has 0 fully saturated rings. The zero-order valence-electron chi connectivity index (χ0n) is 7.81. The standard InChI is InChI=1S/C11H12N2O/c12-10(8-11-13-6-7-14-11)9-4-2-1-3-5-9/h1-5,8H,6-7,12H2/b10-8+. The van der Waals surface area contributed by atoms with Crippen molar-refractivity contribution in [2.24, 2.45) is 10.7 Å². The van der Waals surface area contributed by atoms with E-state index in [1.807, 2.05) is 30.3 Å². The van der Waals surface area contributed by atoms with Crippen molar-refractivity contribution in [1.29, 1.82) is 0 Å². The van der Waals surface area contributed by atoms with Crippen LogP contribution in [0.15, 0.2) is 41.4 Å². The van der Waals surface area contributed by atoms with Crippen LogP contribution in [0.1, 0.15) is 5.56 Å². The molecule has 1 aromatic rings. The maximum atomic E-state index is 5.88. The highest BCUT2D eigenvalue weighted by atomic mass is 16.5. The third-order valence-electron chi connectivity index (χ3n) is 1.99. The molecule has 2 N–H and O–H groups in total. The summed E-state index contributed by atoms with van der Waals surface area (Å²) < 4.78 is 5.24. The summed E-state index contributed by atoms with van der Waals surface area (Å²) in [5.41, 5.74) is 7.55. The van der Waals surface area contributed by atoms with Crippen molar-refractivity contribution in [3.63, 3.8) is 0 Å². The van der Waals surface area contributed by atoms with Crippen molar-refractivity contribution in [3.8, 4) is 0 Å². The van der Waals surface area contributed by atoms with Gasteiger partial charge in [0, 0.05) is 11.8 Å². The van der Waals surface area contributed by atoms with E-state index in [-0.39, 0.29) is 0 Å². The Morgan fingerprint density at radius 3 is 2.79 bits per heavy atom. The predicted octanol–water partition coefficient (Wildman–Crippen LogP) is 1.41. The Balaban J connectivity index is 2.19. The van der Waals surface area contributed by atoms with Gasteiger partial charge in [0.2, 0.25) is 5.90 Å². The van der Waals surface area contributed by atoms with Gasteiger partial charge in [-0.2, -0.15) is 0 Å². The molecule has 1 heterocycles. The second-order valence-corrected chi connectivity index (χ2v) is 3.03. The van der Waals surface area contributed by atoms with E-state index in [0.717, 1.165) is 12.1 Å². The quantitative estimate of drug-likeness (QED) is 0.762. The maximum Gasteiger partial charge on any atom is 0.210 e. The van der Waals surface area contributed by atoms with Crippen LogP contribution in [-0.2, 0) is 4.74 Å². The molecule has 0 amide bonds. The minimum Gasteiger partial charge on any atom is -0.476 e. The topological polar surface area (TPSA) is 47.6 Å². The first-order valence-electron chi connectivity index (χ1n) is 4.56. The molecule has 0 atom stereocenters. The maximum absolute atomic E-state index is 5.88. The van der Waals surface area contributed by atoms with Gasteiger partial charge in [-0.3, -0.25) is 0 Å². The van der Waals surface area contributed by atoms with Gasteiger partial charge in [-0.1, -0.05) is 30.3 Å². The number of nitrogens with two attached hydrogens (primary N) is 1. The first-order chi connectivity index (χ1) is 6.86.